The van der Waals surface area contributed by atoms with E-state index >= 15 is 0 Å². The zero-order valence-electron chi connectivity index (χ0n) is 10.2. The molecule has 0 amide bonds. The van der Waals surface area contributed by atoms with Gasteiger partial charge in [0.1, 0.15) is 5.75 Å². The van der Waals surface area contributed by atoms with Crippen molar-refractivity contribution >= 4 is 5.97 Å². The lowest BCUT2D eigenvalue weighted by Gasteiger charge is -2.07. The molecule has 18 heavy (non-hydrogen) atoms. The zero-order chi connectivity index (χ0) is 13.1. The number of carbonyl (C=O) groups is 1. The van der Waals surface area contributed by atoms with Gasteiger partial charge >= 0.3 is 5.97 Å². The lowest BCUT2D eigenvalue weighted by Crippen LogP contribution is -1.92. The van der Waals surface area contributed by atoms with E-state index in [1.54, 1.807) is 6.07 Å². The van der Waals surface area contributed by atoms with Crippen LogP contribution in [-0.2, 0) is 0 Å². The molecule has 0 bridgehead atoms. The predicted molar refractivity (Wildman–Crippen MR) is 66.3 cm³/mol. The molecule has 0 atom stereocenters. The van der Waals surface area contributed by atoms with E-state index < -0.39 is 5.97 Å². The summed E-state index contributed by atoms with van der Waals surface area (Å²) in [7, 11) is 0. The zero-order valence-corrected chi connectivity index (χ0v) is 10.2. The fourth-order valence-electron chi connectivity index (χ4n) is 1.54. The largest absolute Gasteiger partial charge is 0.475 e. The normalized spacial score (nSPS) is 10.6. The Balaban J connectivity index is 2.17. The maximum absolute atomic E-state index is 10.7. The van der Waals surface area contributed by atoms with E-state index in [4.69, 9.17) is 14.3 Å². The van der Waals surface area contributed by atoms with Crippen molar-refractivity contribution in [2.24, 2.45) is 0 Å². The first kappa shape index (κ1) is 12.2. The molecule has 0 spiro atoms. The summed E-state index contributed by atoms with van der Waals surface area (Å²) in [6.07, 6.45) is 0. The summed E-state index contributed by atoms with van der Waals surface area (Å²) in [5.41, 5.74) is 1.15. The molecule has 1 aromatic carbocycles. The third kappa shape index (κ3) is 2.71. The van der Waals surface area contributed by atoms with Crippen LogP contribution in [0.1, 0.15) is 35.9 Å². The SMILES string of the molecule is CC(C)c1cccc(Oc2ccc(C(=O)O)o2)c1. The Bertz CT molecular complexity index is 554. The van der Waals surface area contributed by atoms with Crippen LogP contribution in [0.4, 0.5) is 0 Å². The molecule has 2 rings (SSSR count). The number of hydrogen-bond acceptors (Lipinski definition) is 3. The molecule has 2 aromatic rings. The minimum atomic E-state index is -1.11. The first-order chi connectivity index (χ1) is 8.56. The van der Waals surface area contributed by atoms with E-state index in [1.807, 2.05) is 18.2 Å². The van der Waals surface area contributed by atoms with Crippen LogP contribution in [0.3, 0.4) is 0 Å². The van der Waals surface area contributed by atoms with Crippen LogP contribution in [0, 0.1) is 0 Å². The minimum absolute atomic E-state index is 0.134. The Morgan fingerprint density at radius 1 is 1.28 bits per heavy atom. The van der Waals surface area contributed by atoms with Crippen LogP contribution in [0.15, 0.2) is 40.8 Å². The quantitative estimate of drug-likeness (QED) is 0.888. The first-order valence-corrected chi connectivity index (χ1v) is 5.67. The summed E-state index contributed by atoms with van der Waals surface area (Å²) in [5.74, 6) is -0.0358. The Morgan fingerprint density at radius 2 is 2.06 bits per heavy atom. The summed E-state index contributed by atoms with van der Waals surface area (Å²) in [6.45, 7) is 4.18. The summed E-state index contributed by atoms with van der Waals surface area (Å²) >= 11 is 0. The molecule has 0 saturated heterocycles. The minimum Gasteiger partial charge on any atom is -0.475 e. The Labute approximate surface area is 105 Å². The van der Waals surface area contributed by atoms with Crippen LogP contribution in [0.2, 0.25) is 0 Å². The predicted octanol–water partition coefficient (Wildman–Crippen LogP) is 3.89. The fourth-order valence-corrected chi connectivity index (χ4v) is 1.54. The van der Waals surface area contributed by atoms with Gasteiger partial charge in [0.2, 0.25) is 5.76 Å². The number of furan rings is 1. The molecule has 0 radical (unpaired) electrons. The molecule has 1 N–H and O–H groups in total. The third-order valence-corrected chi connectivity index (χ3v) is 2.54. The fraction of sp³-hybridized carbons (Fsp3) is 0.214. The molecule has 4 nitrogen and oxygen atoms in total. The lowest BCUT2D eigenvalue weighted by molar-refractivity contribution is 0.0657. The highest BCUT2D eigenvalue weighted by molar-refractivity contribution is 5.84. The first-order valence-electron chi connectivity index (χ1n) is 5.67. The number of aromatic carboxylic acids is 1. The standard InChI is InChI=1S/C14H14O4/c1-9(2)10-4-3-5-11(8-10)17-13-7-6-12(18-13)14(15)16/h3-9H,1-2H3,(H,15,16). The molecule has 1 heterocycles. The number of hydrogen-bond donors (Lipinski definition) is 1. The Hall–Kier alpha value is -2.23. The highest BCUT2D eigenvalue weighted by Gasteiger charge is 2.10. The summed E-state index contributed by atoms with van der Waals surface area (Å²) < 4.78 is 10.5. The van der Waals surface area contributed by atoms with Gasteiger partial charge in [0, 0.05) is 6.07 Å². The van der Waals surface area contributed by atoms with Gasteiger partial charge in [-0.05, 0) is 29.7 Å². The van der Waals surface area contributed by atoms with Gasteiger partial charge in [-0.25, -0.2) is 4.79 Å². The van der Waals surface area contributed by atoms with Crippen LogP contribution in [0.25, 0.3) is 0 Å². The second-order valence-corrected chi connectivity index (χ2v) is 4.25. The van der Waals surface area contributed by atoms with Crippen molar-refractivity contribution in [2.75, 3.05) is 0 Å². The molecule has 0 aliphatic rings. The Morgan fingerprint density at radius 3 is 2.67 bits per heavy atom. The Kier molecular flexibility index (Phi) is 3.37. The molecule has 1 aromatic heterocycles. The van der Waals surface area contributed by atoms with E-state index in [1.165, 1.54) is 12.1 Å². The molecular weight excluding hydrogens is 232 g/mol. The molecule has 0 aliphatic heterocycles. The second kappa shape index (κ2) is 4.96. The van der Waals surface area contributed by atoms with Gasteiger partial charge in [0.25, 0.3) is 5.95 Å². The van der Waals surface area contributed by atoms with Crippen LogP contribution in [-0.4, -0.2) is 11.1 Å². The van der Waals surface area contributed by atoms with Crippen LogP contribution < -0.4 is 4.74 Å². The molecule has 0 unspecified atom stereocenters. The second-order valence-electron chi connectivity index (χ2n) is 4.25. The highest BCUT2D eigenvalue weighted by Crippen LogP contribution is 2.26. The van der Waals surface area contributed by atoms with Crippen molar-refractivity contribution in [3.63, 3.8) is 0 Å². The van der Waals surface area contributed by atoms with Crippen molar-refractivity contribution < 1.29 is 19.1 Å². The van der Waals surface area contributed by atoms with Crippen molar-refractivity contribution in [3.05, 3.63) is 47.7 Å². The number of rotatable bonds is 4. The lowest BCUT2D eigenvalue weighted by atomic mass is 10.0. The maximum Gasteiger partial charge on any atom is 0.371 e. The van der Waals surface area contributed by atoms with E-state index in [9.17, 15) is 4.79 Å². The molecule has 0 fully saturated rings. The molecule has 0 aliphatic carbocycles. The van der Waals surface area contributed by atoms with E-state index in [0.29, 0.717) is 11.7 Å². The summed E-state index contributed by atoms with van der Waals surface area (Å²) in [6, 6.07) is 10.5. The average Bonchev–Trinajstić information content (AvgIpc) is 2.78. The smallest absolute Gasteiger partial charge is 0.371 e. The van der Waals surface area contributed by atoms with E-state index in [2.05, 4.69) is 13.8 Å². The number of ether oxygens (including phenoxy) is 1. The maximum atomic E-state index is 10.7. The monoisotopic (exact) mass is 246 g/mol. The van der Waals surface area contributed by atoms with Gasteiger partial charge < -0.3 is 14.3 Å². The van der Waals surface area contributed by atoms with Gasteiger partial charge in [0.15, 0.2) is 0 Å². The van der Waals surface area contributed by atoms with Crippen LogP contribution >= 0.6 is 0 Å². The van der Waals surface area contributed by atoms with Gasteiger partial charge in [-0.1, -0.05) is 26.0 Å². The van der Waals surface area contributed by atoms with Gasteiger partial charge in [0.05, 0.1) is 0 Å². The summed E-state index contributed by atoms with van der Waals surface area (Å²) in [4.78, 5) is 10.7. The van der Waals surface area contributed by atoms with Crippen LogP contribution in [0.5, 0.6) is 11.7 Å². The van der Waals surface area contributed by atoms with E-state index in [0.717, 1.165) is 5.56 Å². The highest BCUT2D eigenvalue weighted by atomic mass is 16.6. The third-order valence-electron chi connectivity index (χ3n) is 2.54. The van der Waals surface area contributed by atoms with Crippen molar-refractivity contribution in [3.8, 4) is 11.7 Å². The molecular formula is C14H14O4. The topological polar surface area (TPSA) is 59.7 Å². The summed E-state index contributed by atoms with van der Waals surface area (Å²) in [5, 5.41) is 8.73. The molecule has 94 valence electrons. The van der Waals surface area contributed by atoms with Crippen molar-refractivity contribution in [1.29, 1.82) is 0 Å². The molecule has 0 saturated carbocycles. The van der Waals surface area contributed by atoms with Crippen molar-refractivity contribution in [1.82, 2.24) is 0 Å². The number of carboxylic acids is 1. The van der Waals surface area contributed by atoms with Gasteiger partial charge in [-0.15, -0.1) is 0 Å². The average molecular weight is 246 g/mol. The molecule has 4 heteroatoms. The number of benzene rings is 1. The number of carboxylic acid groups (broad SMARTS) is 1. The van der Waals surface area contributed by atoms with Gasteiger partial charge in [-0.3, -0.25) is 0 Å². The van der Waals surface area contributed by atoms with Gasteiger partial charge in [-0.2, -0.15) is 0 Å². The van der Waals surface area contributed by atoms with E-state index in [-0.39, 0.29) is 11.7 Å². The van der Waals surface area contributed by atoms with Crippen molar-refractivity contribution in [2.45, 2.75) is 19.8 Å².